The Bertz CT molecular complexity index is 571. The quantitative estimate of drug-likeness (QED) is 0.875. The lowest BCUT2D eigenvalue weighted by atomic mass is 10.1. The van der Waals surface area contributed by atoms with E-state index in [4.69, 9.17) is 27.9 Å². The molecule has 2 rings (SSSR count). The number of hydrogen-bond acceptors (Lipinski definition) is 3. The summed E-state index contributed by atoms with van der Waals surface area (Å²) < 4.78 is 6.85. The molecule has 0 spiro atoms. The fraction of sp³-hybridized carbons (Fsp3) is 0.357. The summed E-state index contributed by atoms with van der Waals surface area (Å²) in [6.07, 6.45) is 3.72. The summed E-state index contributed by atoms with van der Waals surface area (Å²) in [5.41, 5.74) is 1.90. The summed E-state index contributed by atoms with van der Waals surface area (Å²) in [5, 5.41) is 8.76. The van der Waals surface area contributed by atoms with E-state index in [1.807, 2.05) is 29.9 Å². The molecule has 0 aliphatic rings. The highest BCUT2D eigenvalue weighted by molar-refractivity contribution is 6.42. The van der Waals surface area contributed by atoms with Gasteiger partial charge in [-0.1, -0.05) is 35.3 Å². The van der Waals surface area contributed by atoms with Gasteiger partial charge in [0, 0.05) is 13.3 Å². The topological polar surface area (TPSA) is 39.1 Å². The molecule has 1 aromatic heterocycles. The Hall–Kier alpha value is -1.23. The third kappa shape index (κ3) is 3.66. The lowest BCUT2D eigenvalue weighted by molar-refractivity contribution is 0.183. The Morgan fingerprint density at radius 1 is 1.40 bits per heavy atom. The van der Waals surface area contributed by atoms with Crippen LogP contribution >= 0.6 is 23.2 Å². The van der Waals surface area contributed by atoms with Crippen LogP contribution in [0.25, 0.3) is 0 Å². The highest BCUT2D eigenvalue weighted by Crippen LogP contribution is 2.31. The van der Waals surface area contributed by atoms with E-state index in [0.717, 1.165) is 17.8 Å². The Balaban J connectivity index is 2.05. The van der Waals surface area contributed by atoms with E-state index < -0.39 is 0 Å². The molecular weight excluding hydrogens is 297 g/mol. The van der Waals surface area contributed by atoms with Gasteiger partial charge in [0.05, 0.1) is 41.1 Å². The first kappa shape index (κ1) is 15.2. The third-order valence-corrected chi connectivity index (χ3v) is 3.82. The summed E-state index contributed by atoms with van der Waals surface area (Å²) >= 11 is 12.3. The normalized spacial score (nSPS) is 12.4. The van der Waals surface area contributed by atoms with Crippen molar-refractivity contribution >= 4 is 28.9 Å². The first-order valence-electron chi connectivity index (χ1n) is 6.33. The zero-order valence-corrected chi connectivity index (χ0v) is 12.9. The van der Waals surface area contributed by atoms with Crippen molar-refractivity contribution in [2.75, 3.05) is 19.0 Å². The second-order valence-electron chi connectivity index (χ2n) is 4.49. The number of halogens is 2. The highest BCUT2D eigenvalue weighted by Gasteiger charge is 2.12. The number of nitrogens with zero attached hydrogens (tertiary/aromatic N) is 2. The number of nitrogens with one attached hydrogen (secondary N) is 1. The molecule has 0 radical (unpaired) electrons. The average molecular weight is 314 g/mol. The van der Waals surface area contributed by atoms with Gasteiger partial charge in [-0.05, 0) is 18.6 Å². The number of anilines is 1. The monoisotopic (exact) mass is 313 g/mol. The summed E-state index contributed by atoms with van der Waals surface area (Å²) in [7, 11) is 1.67. The number of rotatable bonds is 6. The van der Waals surface area contributed by atoms with Gasteiger partial charge < -0.3 is 10.1 Å². The summed E-state index contributed by atoms with van der Waals surface area (Å²) in [4.78, 5) is 0. The Labute approximate surface area is 128 Å². The fourth-order valence-corrected chi connectivity index (χ4v) is 2.40. The van der Waals surface area contributed by atoms with E-state index in [1.54, 1.807) is 19.4 Å². The van der Waals surface area contributed by atoms with Crippen molar-refractivity contribution in [2.24, 2.45) is 0 Å². The highest BCUT2D eigenvalue weighted by atomic mass is 35.5. The molecule has 1 N–H and O–H groups in total. The number of methoxy groups -OCH3 is 1. The van der Waals surface area contributed by atoms with Crippen LogP contribution in [0.2, 0.25) is 10.0 Å². The molecule has 1 aromatic carbocycles. The molecule has 0 saturated heterocycles. The van der Waals surface area contributed by atoms with Crippen molar-refractivity contribution < 1.29 is 4.74 Å². The van der Waals surface area contributed by atoms with Gasteiger partial charge in [0.1, 0.15) is 0 Å². The van der Waals surface area contributed by atoms with Crippen molar-refractivity contribution in [3.63, 3.8) is 0 Å². The van der Waals surface area contributed by atoms with Crippen LogP contribution in [0.1, 0.15) is 18.5 Å². The minimum Gasteiger partial charge on any atom is -0.383 e. The molecule has 0 bridgehead atoms. The number of hydrogen-bond donors (Lipinski definition) is 1. The van der Waals surface area contributed by atoms with Gasteiger partial charge in [0.15, 0.2) is 0 Å². The molecule has 108 valence electrons. The van der Waals surface area contributed by atoms with Crippen molar-refractivity contribution in [3.05, 3.63) is 46.2 Å². The van der Waals surface area contributed by atoms with E-state index in [-0.39, 0.29) is 6.04 Å². The molecule has 0 aliphatic carbocycles. The molecule has 0 amide bonds. The maximum Gasteiger partial charge on any atom is 0.0731 e. The van der Waals surface area contributed by atoms with E-state index >= 15 is 0 Å². The van der Waals surface area contributed by atoms with Gasteiger partial charge in [-0.25, -0.2) is 0 Å². The molecule has 0 fully saturated rings. The second-order valence-corrected chi connectivity index (χ2v) is 5.28. The van der Waals surface area contributed by atoms with Crippen LogP contribution in [0.5, 0.6) is 0 Å². The second kappa shape index (κ2) is 6.97. The molecule has 2 aromatic rings. The van der Waals surface area contributed by atoms with Crippen LogP contribution < -0.4 is 5.32 Å². The van der Waals surface area contributed by atoms with Gasteiger partial charge in [-0.2, -0.15) is 5.10 Å². The van der Waals surface area contributed by atoms with Crippen molar-refractivity contribution in [1.82, 2.24) is 9.78 Å². The molecule has 1 unspecified atom stereocenters. The number of benzene rings is 1. The van der Waals surface area contributed by atoms with E-state index in [2.05, 4.69) is 10.4 Å². The van der Waals surface area contributed by atoms with Crippen LogP contribution in [0, 0.1) is 0 Å². The maximum atomic E-state index is 6.22. The molecule has 6 heteroatoms. The van der Waals surface area contributed by atoms with Crippen LogP contribution in [0.3, 0.4) is 0 Å². The van der Waals surface area contributed by atoms with E-state index in [0.29, 0.717) is 16.7 Å². The minimum atomic E-state index is 0.0428. The Kier molecular flexibility index (Phi) is 5.29. The lowest BCUT2D eigenvalue weighted by Crippen LogP contribution is -2.07. The number of ether oxygens (including phenoxy) is 1. The fourth-order valence-electron chi connectivity index (χ4n) is 1.93. The Morgan fingerprint density at radius 2 is 2.20 bits per heavy atom. The number of aromatic nitrogens is 2. The minimum absolute atomic E-state index is 0.0428. The predicted octanol–water partition coefficient (Wildman–Crippen LogP) is 4.01. The standard InChI is InChI=1S/C14H17Cl2N3O/c1-10(12-4-3-5-13(15)14(12)16)18-11-8-17-19(9-11)6-7-20-2/h3-5,8-10,18H,6-7H2,1-2H3. The van der Waals surface area contributed by atoms with Crippen LogP contribution in [-0.2, 0) is 11.3 Å². The van der Waals surface area contributed by atoms with Crippen molar-refractivity contribution in [1.29, 1.82) is 0 Å². The van der Waals surface area contributed by atoms with Gasteiger partial charge in [-0.15, -0.1) is 0 Å². The third-order valence-electron chi connectivity index (χ3n) is 2.99. The Morgan fingerprint density at radius 3 is 2.95 bits per heavy atom. The molecule has 4 nitrogen and oxygen atoms in total. The summed E-state index contributed by atoms with van der Waals surface area (Å²) in [6, 6.07) is 5.68. The largest absolute Gasteiger partial charge is 0.383 e. The predicted molar refractivity (Wildman–Crippen MR) is 82.6 cm³/mol. The van der Waals surface area contributed by atoms with Crippen molar-refractivity contribution in [2.45, 2.75) is 19.5 Å². The van der Waals surface area contributed by atoms with Gasteiger partial charge in [0.25, 0.3) is 0 Å². The van der Waals surface area contributed by atoms with Crippen LogP contribution in [-0.4, -0.2) is 23.5 Å². The smallest absolute Gasteiger partial charge is 0.0731 e. The molecule has 20 heavy (non-hydrogen) atoms. The molecule has 1 atom stereocenters. The zero-order chi connectivity index (χ0) is 14.5. The molecule has 0 aliphatic heterocycles. The van der Waals surface area contributed by atoms with E-state index in [9.17, 15) is 0 Å². The molecule has 0 saturated carbocycles. The zero-order valence-electron chi connectivity index (χ0n) is 11.4. The molecule has 1 heterocycles. The average Bonchev–Trinajstić information content (AvgIpc) is 2.87. The first-order valence-corrected chi connectivity index (χ1v) is 7.09. The lowest BCUT2D eigenvalue weighted by Gasteiger charge is -2.16. The van der Waals surface area contributed by atoms with Crippen LogP contribution in [0.15, 0.2) is 30.6 Å². The SMILES string of the molecule is COCCn1cc(NC(C)c2cccc(Cl)c2Cl)cn1. The van der Waals surface area contributed by atoms with E-state index in [1.165, 1.54) is 0 Å². The van der Waals surface area contributed by atoms with Gasteiger partial charge in [-0.3, -0.25) is 4.68 Å². The first-order chi connectivity index (χ1) is 9.61. The van der Waals surface area contributed by atoms with Crippen molar-refractivity contribution in [3.8, 4) is 0 Å². The van der Waals surface area contributed by atoms with Gasteiger partial charge >= 0.3 is 0 Å². The van der Waals surface area contributed by atoms with Gasteiger partial charge in [0.2, 0.25) is 0 Å². The van der Waals surface area contributed by atoms with Crippen LogP contribution in [0.4, 0.5) is 5.69 Å². The molecular formula is C14H17Cl2N3O. The maximum absolute atomic E-state index is 6.22. The summed E-state index contributed by atoms with van der Waals surface area (Å²) in [5.74, 6) is 0. The summed E-state index contributed by atoms with van der Waals surface area (Å²) in [6.45, 7) is 3.39.